The Kier molecular flexibility index (Phi) is 2.78. The van der Waals surface area contributed by atoms with E-state index in [1.54, 1.807) is 6.07 Å². The van der Waals surface area contributed by atoms with Gasteiger partial charge in [0.1, 0.15) is 18.1 Å². The second-order valence-corrected chi connectivity index (χ2v) is 3.04. The Bertz CT molecular complexity index is 437. The summed E-state index contributed by atoms with van der Waals surface area (Å²) in [5.74, 6) is 0.791. The van der Waals surface area contributed by atoms with Crippen LogP contribution in [0.1, 0.15) is 16.2 Å². The van der Waals surface area contributed by atoms with Gasteiger partial charge in [0.25, 0.3) is 0 Å². The van der Waals surface area contributed by atoms with E-state index in [1.165, 1.54) is 0 Å². The molecule has 0 amide bonds. The summed E-state index contributed by atoms with van der Waals surface area (Å²) >= 11 is 0. The molecule has 4 nitrogen and oxygen atoms in total. The number of aromatic nitrogens is 2. The predicted molar refractivity (Wildman–Crippen MR) is 54.7 cm³/mol. The van der Waals surface area contributed by atoms with Crippen LogP contribution in [0.4, 0.5) is 0 Å². The van der Waals surface area contributed by atoms with E-state index in [0.717, 1.165) is 11.4 Å². The normalized spacial score (nSPS) is 9.87. The second-order valence-electron chi connectivity index (χ2n) is 3.04. The van der Waals surface area contributed by atoms with Gasteiger partial charge in [0, 0.05) is 0 Å². The van der Waals surface area contributed by atoms with Gasteiger partial charge in [-0.2, -0.15) is 5.10 Å². The van der Waals surface area contributed by atoms with Crippen molar-refractivity contribution in [1.29, 1.82) is 0 Å². The first-order valence-electron chi connectivity index (χ1n) is 4.56. The number of rotatable bonds is 4. The monoisotopic (exact) mass is 202 g/mol. The molecule has 1 heterocycles. The van der Waals surface area contributed by atoms with Gasteiger partial charge in [-0.25, -0.2) is 0 Å². The Labute approximate surface area is 86.9 Å². The van der Waals surface area contributed by atoms with Gasteiger partial charge in [0.2, 0.25) is 0 Å². The Morgan fingerprint density at radius 2 is 2.13 bits per heavy atom. The van der Waals surface area contributed by atoms with Gasteiger partial charge in [0.15, 0.2) is 6.29 Å². The van der Waals surface area contributed by atoms with E-state index in [9.17, 15) is 4.79 Å². The Morgan fingerprint density at radius 1 is 1.33 bits per heavy atom. The molecule has 0 fully saturated rings. The number of ether oxygens (including phenoxy) is 1. The van der Waals surface area contributed by atoms with Crippen molar-refractivity contribution in [1.82, 2.24) is 10.2 Å². The first-order chi connectivity index (χ1) is 7.38. The van der Waals surface area contributed by atoms with Crippen LogP contribution in [-0.2, 0) is 6.61 Å². The lowest BCUT2D eigenvalue weighted by Crippen LogP contribution is -1.95. The quantitative estimate of drug-likeness (QED) is 0.769. The number of hydrogen-bond acceptors (Lipinski definition) is 3. The number of nitrogens with zero attached hydrogens (tertiary/aromatic N) is 1. The van der Waals surface area contributed by atoms with Gasteiger partial charge in [-0.3, -0.25) is 9.89 Å². The molecule has 0 unspecified atom stereocenters. The van der Waals surface area contributed by atoms with Crippen LogP contribution in [0.5, 0.6) is 5.75 Å². The lowest BCUT2D eigenvalue weighted by atomic mass is 10.3. The van der Waals surface area contributed by atoms with Crippen molar-refractivity contribution in [2.75, 3.05) is 0 Å². The molecule has 1 aromatic carbocycles. The number of para-hydroxylation sites is 1. The van der Waals surface area contributed by atoms with Crippen molar-refractivity contribution < 1.29 is 9.53 Å². The fourth-order valence-electron chi connectivity index (χ4n) is 1.19. The lowest BCUT2D eigenvalue weighted by molar-refractivity contribution is 0.111. The first-order valence-corrected chi connectivity index (χ1v) is 4.56. The van der Waals surface area contributed by atoms with E-state index in [4.69, 9.17) is 4.74 Å². The molecule has 1 N–H and O–H groups in total. The number of nitrogens with one attached hydrogen (secondary N) is 1. The average molecular weight is 202 g/mol. The molecule has 0 radical (unpaired) electrons. The van der Waals surface area contributed by atoms with Crippen molar-refractivity contribution in [3.05, 3.63) is 47.8 Å². The third-order valence-electron chi connectivity index (χ3n) is 1.91. The smallest absolute Gasteiger partial charge is 0.170 e. The van der Waals surface area contributed by atoms with Crippen molar-refractivity contribution in [3.63, 3.8) is 0 Å². The molecule has 4 heteroatoms. The number of hydrogen-bond donors (Lipinski definition) is 1. The largest absolute Gasteiger partial charge is 0.487 e. The standard InChI is InChI=1S/C11H10N2O2/c14-7-9-6-10(13-12-9)8-15-11-4-2-1-3-5-11/h1-7H,8H2,(H,12,13). The molecule has 0 bridgehead atoms. The summed E-state index contributed by atoms with van der Waals surface area (Å²) in [5, 5.41) is 6.49. The maximum absolute atomic E-state index is 10.4. The fraction of sp³-hybridized carbons (Fsp3) is 0.0909. The van der Waals surface area contributed by atoms with Gasteiger partial charge >= 0.3 is 0 Å². The Hall–Kier alpha value is -2.10. The van der Waals surface area contributed by atoms with Crippen LogP contribution in [0.25, 0.3) is 0 Å². The number of aldehydes is 1. The van der Waals surface area contributed by atoms with Crippen molar-refractivity contribution in [2.24, 2.45) is 0 Å². The van der Waals surface area contributed by atoms with Crippen LogP contribution >= 0.6 is 0 Å². The summed E-state index contributed by atoms with van der Waals surface area (Å²) in [6.45, 7) is 0.380. The minimum Gasteiger partial charge on any atom is -0.487 e. The number of carbonyl (C=O) groups excluding carboxylic acids is 1. The average Bonchev–Trinajstić information content (AvgIpc) is 2.76. The number of H-pyrrole nitrogens is 1. The maximum Gasteiger partial charge on any atom is 0.170 e. The zero-order chi connectivity index (χ0) is 10.5. The highest BCUT2D eigenvalue weighted by molar-refractivity contribution is 5.71. The number of benzene rings is 1. The minimum absolute atomic E-state index is 0.380. The predicted octanol–water partition coefficient (Wildman–Crippen LogP) is 1.80. The summed E-state index contributed by atoms with van der Waals surface area (Å²) in [6, 6.07) is 11.1. The molecule has 0 aliphatic rings. The van der Waals surface area contributed by atoms with Crippen molar-refractivity contribution in [2.45, 2.75) is 6.61 Å². The molecule has 0 atom stereocenters. The van der Waals surface area contributed by atoms with E-state index in [0.29, 0.717) is 18.6 Å². The third kappa shape index (κ3) is 2.43. The molecule has 0 saturated carbocycles. The van der Waals surface area contributed by atoms with Crippen LogP contribution in [0.2, 0.25) is 0 Å². The highest BCUT2D eigenvalue weighted by atomic mass is 16.5. The van der Waals surface area contributed by atoms with Gasteiger partial charge in [-0.15, -0.1) is 0 Å². The molecule has 0 saturated heterocycles. The maximum atomic E-state index is 10.4. The molecule has 0 spiro atoms. The second kappa shape index (κ2) is 4.41. The summed E-state index contributed by atoms with van der Waals surface area (Å²) in [4.78, 5) is 10.4. The van der Waals surface area contributed by atoms with Gasteiger partial charge in [-0.05, 0) is 18.2 Å². The summed E-state index contributed by atoms with van der Waals surface area (Å²) in [7, 11) is 0. The van der Waals surface area contributed by atoms with Crippen LogP contribution in [0.15, 0.2) is 36.4 Å². The van der Waals surface area contributed by atoms with Crippen molar-refractivity contribution in [3.8, 4) is 5.75 Å². The van der Waals surface area contributed by atoms with Crippen LogP contribution in [0, 0.1) is 0 Å². The zero-order valence-electron chi connectivity index (χ0n) is 8.01. The fourth-order valence-corrected chi connectivity index (χ4v) is 1.19. The highest BCUT2D eigenvalue weighted by Crippen LogP contribution is 2.10. The molecule has 76 valence electrons. The lowest BCUT2D eigenvalue weighted by Gasteiger charge is -2.02. The van der Waals surface area contributed by atoms with E-state index >= 15 is 0 Å². The van der Waals surface area contributed by atoms with Gasteiger partial charge < -0.3 is 4.74 Å². The summed E-state index contributed by atoms with van der Waals surface area (Å²) < 4.78 is 5.46. The van der Waals surface area contributed by atoms with E-state index < -0.39 is 0 Å². The molecule has 2 rings (SSSR count). The molecular weight excluding hydrogens is 192 g/mol. The molecule has 0 aliphatic carbocycles. The highest BCUT2D eigenvalue weighted by Gasteiger charge is 2.00. The first kappa shape index (κ1) is 9.45. The van der Waals surface area contributed by atoms with Crippen LogP contribution < -0.4 is 4.74 Å². The van der Waals surface area contributed by atoms with Gasteiger partial charge in [0.05, 0.1) is 5.69 Å². The van der Waals surface area contributed by atoms with Gasteiger partial charge in [-0.1, -0.05) is 18.2 Å². The Morgan fingerprint density at radius 3 is 2.80 bits per heavy atom. The Balaban J connectivity index is 1.96. The van der Waals surface area contributed by atoms with Crippen molar-refractivity contribution >= 4 is 6.29 Å². The third-order valence-corrected chi connectivity index (χ3v) is 1.91. The molecule has 0 aliphatic heterocycles. The molecular formula is C11H10N2O2. The van der Waals surface area contributed by atoms with Crippen LogP contribution in [0.3, 0.4) is 0 Å². The van der Waals surface area contributed by atoms with E-state index in [2.05, 4.69) is 10.2 Å². The molecule has 1 aromatic heterocycles. The van der Waals surface area contributed by atoms with Crippen LogP contribution in [-0.4, -0.2) is 16.5 Å². The summed E-state index contributed by atoms with van der Waals surface area (Å²) in [5.41, 5.74) is 1.17. The number of aromatic amines is 1. The zero-order valence-corrected chi connectivity index (χ0v) is 8.01. The summed E-state index contributed by atoms with van der Waals surface area (Å²) in [6.07, 6.45) is 0.697. The SMILES string of the molecule is O=Cc1cc(COc2ccccc2)[nH]n1. The van der Waals surface area contributed by atoms with E-state index in [-0.39, 0.29) is 0 Å². The topological polar surface area (TPSA) is 55.0 Å². The molecule has 2 aromatic rings. The number of carbonyl (C=O) groups is 1. The van der Waals surface area contributed by atoms with E-state index in [1.807, 2.05) is 30.3 Å². The minimum atomic E-state index is 0.380. The molecule has 15 heavy (non-hydrogen) atoms.